The summed E-state index contributed by atoms with van der Waals surface area (Å²) in [7, 11) is 0. The van der Waals surface area contributed by atoms with Gasteiger partial charge >= 0.3 is 0 Å². The van der Waals surface area contributed by atoms with Crippen LogP contribution in [0.5, 0.6) is 0 Å². The van der Waals surface area contributed by atoms with E-state index in [4.69, 9.17) is 0 Å². The lowest BCUT2D eigenvalue weighted by atomic mass is 10.0. The second-order valence-electron chi connectivity index (χ2n) is 3.73. The lowest BCUT2D eigenvalue weighted by molar-refractivity contribution is 0.496. The van der Waals surface area contributed by atoms with Crippen molar-refractivity contribution in [1.29, 1.82) is 0 Å². The van der Waals surface area contributed by atoms with Crippen molar-refractivity contribution >= 4 is 0 Å². The summed E-state index contributed by atoms with van der Waals surface area (Å²) in [5, 5.41) is 0. The second-order valence-corrected chi connectivity index (χ2v) is 3.73. The van der Waals surface area contributed by atoms with E-state index in [1.54, 1.807) is 0 Å². The van der Waals surface area contributed by atoms with Crippen LogP contribution in [0.1, 0.15) is 46.0 Å². The highest BCUT2D eigenvalue weighted by atomic mass is 14.3. The molecule has 1 saturated carbocycles. The molecule has 0 bridgehead atoms. The van der Waals surface area contributed by atoms with E-state index in [1.807, 2.05) is 0 Å². The molecule has 0 aromatic rings. The van der Waals surface area contributed by atoms with Gasteiger partial charge in [-0.2, -0.15) is 0 Å². The van der Waals surface area contributed by atoms with Crippen molar-refractivity contribution < 1.29 is 0 Å². The molecule has 0 saturated heterocycles. The van der Waals surface area contributed by atoms with Gasteiger partial charge in [0.25, 0.3) is 0 Å². The lowest BCUT2D eigenvalue weighted by Crippen LogP contribution is -1.96. The molecule has 0 heterocycles. The van der Waals surface area contributed by atoms with E-state index >= 15 is 0 Å². The minimum atomic E-state index is 0.995. The molecule has 0 aromatic heterocycles. The average Bonchev–Trinajstić information content (AvgIpc) is 2.44. The Hall–Kier alpha value is -0.260. The molecule has 0 aromatic carbocycles. The van der Waals surface area contributed by atoms with Crippen molar-refractivity contribution in [2.24, 2.45) is 11.8 Å². The number of rotatable bonds is 0. The van der Waals surface area contributed by atoms with E-state index in [2.05, 4.69) is 26.0 Å². The molecule has 2 atom stereocenters. The lowest BCUT2D eigenvalue weighted by Gasteiger charge is -2.04. The Bertz CT molecular complexity index is 124. The van der Waals surface area contributed by atoms with Crippen LogP contribution in [0.3, 0.4) is 0 Å². The van der Waals surface area contributed by atoms with E-state index < -0.39 is 0 Å². The maximum atomic E-state index is 2.41. The normalized spacial score (nSPS) is 32.9. The highest BCUT2D eigenvalue weighted by molar-refractivity contribution is 5.03. The van der Waals surface area contributed by atoms with Crippen molar-refractivity contribution in [2.45, 2.75) is 46.0 Å². The third-order valence-electron chi connectivity index (χ3n) is 2.54. The Morgan fingerprint density at radius 3 is 2.64 bits per heavy atom. The van der Waals surface area contributed by atoms with Crippen LogP contribution in [0.15, 0.2) is 12.2 Å². The van der Waals surface area contributed by atoms with E-state index in [0.29, 0.717) is 0 Å². The third kappa shape index (κ3) is 2.36. The van der Waals surface area contributed by atoms with Crippen molar-refractivity contribution in [1.82, 2.24) is 0 Å². The second kappa shape index (κ2) is 4.58. The third-order valence-corrected chi connectivity index (χ3v) is 2.54. The molecule has 64 valence electrons. The maximum absolute atomic E-state index is 2.41. The first-order valence-corrected chi connectivity index (χ1v) is 5.05. The number of hydrogen-bond donors (Lipinski definition) is 0. The Kier molecular flexibility index (Phi) is 3.68. The molecule has 0 heteroatoms. The summed E-state index contributed by atoms with van der Waals surface area (Å²) in [6.07, 6.45) is 11.9. The van der Waals surface area contributed by atoms with Crippen molar-refractivity contribution in [2.75, 3.05) is 0 Å². The molecule has 1 fully saturated rings. The summed E-state index contributed by atoms with van der Waals surface area (Å²) in [5.41, 5.74) is 0. The predicted molar refractivity (Wildman–Crippen MR) is 50.6 cm³/mol. The summed E-state index contributed by atoms with van der Waals surface area (Å²) in [6, 6.07) is 0. The molecule has 2 rings (SSSR count). The van der Waals surface area contributed by atoms with Crippen LogP contribution in [0.4, 0.5) is 0 Å². The van der Waals surface area contributed by atoms with Gasteiger partial charge in [-0.25, -0.2) is 0 Å². The van der Waals surface area contributed by atoms with Gasteiger partial charge < -0.3 is 0 Å². The standard InChI is InChI=1S/C8H12.C3H8/c1-3-7-5-2-6-8(7)4-1;1-3-2/h1,3,7-8H,2,4-6H2;3H2,1-2H3. The topological polar surface area (TPSA) is 0 Å². The molecule has 2 aliphatic carbocycles. The van der Waals surface area contributed by atoms with E-state index in [9.17, 15) is 0 Å². The molecule has 11 heavy (non-hydrogen) atoms. The van der Waals surface area contributed by atoms with Gasteiger partial charge in [-0.05, 0) is 31.1 Å². The highest BCUT2D eigenvalue weighted by Crippen LogP contribution is 2.39. The first kappa shape index (κ1) is 8.83. The van der Waals surface area contributed by atoms with Gasteiger partial charge in [0.1, 0.15) is 0 Å². The van der Waals surface area contributed by atoms with Crippen LogP contribution in [0.2, 0.25) is 0 Å². The van der Waals surface area contributed by atoms with Gasteiger partial charge in [-0.1, -0.05) is 38.8 Å². The molecule has 0 aliphatic heterocycles. The van der Waals surface area contributed by atoms with Gasteiger partial charge in [0.15, 0.2) is 0 Å². The van der Waals surface area contributed by atoms with Crippen LogP contribution in [-0.2, 0) is 0 Å². The van der Waals surface area contributed by atoms with Crippen LogP contribution in [0.25, 0.3) is 0 Å². The van der Waals surface area contributed by atoms with Gasteiger partial charge in [0.2, 0.25) is 0 Å². The van der Waals surface area contributed by atoms with Crippen molar-refractivity contribution in [3.8, 4) is 0 Å². The predicted octanol–water partition coefficient (Wildman–Crippen LogP) is 3.78. The molecule has 0 N–H and O–H groups in total. The number of fused-ring (bicyclic) bond motifs is 1. The monoisotopic (exact) mass is 152 g/mol. The minimum Gasteiger partial charge on any atom is -0.0880 e. The van der Waals surface area contributed by atoms with Gasteiger partial charge in [-0.3, -0.25) is 0 Å². The Morgan fingerprint density at radius 2 is 2.00 bits per heavy atom. The molecule has 0 nitrogen and oxygen atoms in total. The fourth-order valence-electron chi connectivity index (χ4n) is 2.04. The molecule has 0 radical (unpaired) electrons. The van der Waals surface area contributed by atoms with E-state index in [1.165, 1.54) is 32.1 Å². The van der Waals surface area contributed by atoms with Crippen molar-refractivity contribution in [3.63, 3.8) is 0 Å². The Labute approximate surface area is 70.7 Å². The Balaban J connectivity index is 0.000000179. The van der Waals surface area contributed by atoms with Crippen LogP contribution in [0, 0.1) is 11.8 Å². The zero-order valence-electron chi connectivity index (χ0n) is 7.84. The summed E-state index contributed by atoms with van der Waals surface area (Å²) in [5.74, 6) is 2.06. The fourth-order valence-corrected chi connectivity index (χ4v) is 2.04. The summed E-state index contributed by atoms with van der Waals surface area (Å²) < 4.78 is 0. The number of allylic oxidation sites excluding steroid dienone is 2. The van der Waals surface area contributed by atoms with Gasteiger partial charge in [0, 0.05) is 0 Å². The number of hydrogen-bond acceptors (Lipinski definition) is 0. The summed E-state index contributed by atoms with van der Waals surface area (Å²) >= 11 is 0. The molecule has 2 aliphatic rings. The first-order chi connectivity index (χ1) is 5.38. The minimum absolute atomic E-state index is 0.995. The zero-order chi connectivity index (χ0) is 8.10. The van der Waals surface area contributed by atoms with Gasteiger partial charge in [-0.15, -0.1) is 0 Å². The molecule has 0 spiro atoms. The SMILES string of the molecule is C1=CC2CCCC2C1.CCC. The van der Waals surface area contributed by atoms with E-state index in [-0.39, 0.29) is 0 Å². The maximum Gasteiger partial charge on any atom is -0.0202 e. The average molecular weight is 152 g/mol. The largest absolute Gasteiger partial charge is 0.0880 e. The summed E-state index contributed by atoms with van der Waals surface area (Å²) in [6.45, 7) is 4.25. The Morgan fingerprint density at radius 1 is 1.27 bits per heavy atom. The first-order valence-electron chi connectivity index (χ1n) is 5.05. The van der Waals surface area contributed by atoms with Crippen molar-refractivity contribution in [3.05, 3.63) is 12.2 Å². The zero-order valence-corrected chi connectivity index (χ0v) is 7.84. The molecule has 2 unspecified atom stereocenters. The van der Waals surface area contributed by atoms with Crippen LogP contribution < -0.4 is 0 Å². The van der Waals surface area contributed by atoms with Gasteiger partial charge in [0.05, 0.1) is 0 Å². The molecular weight excluding hydrogens is 132 g/mol. The highest BCUT2D eigenvalue weighted by Gasteiger charge is 2.26. The summed E-state index contributed by atoms with van der Waals surface area (Å²) in [4.78, 5) is 0. The molecule has 0 amide bonds. The van der Waals surface area contributed by atoms with Crippen LogP contribution in [-0.4, -0.2) is 0 Å². The fraction of sp³-hybridized carbons (Fsp3) is 0.818. The smallest absolute Gasteiger partial charge is 0.0202 e. The van der Waals surface area contributed by atoms with E-state index in [0.717, 1.165) is 11.8 Å². The van der Waals surface area contributed by atoms with Crippen LogP contribution >= 0.6 is 0 Å². The quantitative estimate of drug-likeness (QED) is 0.463. The molecular formula is C11H20.